The number of carbonyl (C=O) groups excluding carboxylic acids is 2. The topological polar surface area (TPSA) is 80.3 Å². The Morgan fingerprint density at radius 1 is 0.872 bits per heavy atom. The summed E-state index contributed by atoms with van der Waals surface area (Å²) in [7, 11) is 0. The second-order valence-corrected chi connectivity index (χ2v) is 9.51. The van der Waals surface area contributed by atoms with E-state index >= 15 is 0 Å². The highest BCUT2D eigenvalue weighted by molar-refractivity contribution is 5.74. The normalized spacial score (nSPS) is 15.3. The third-order valence-electron chi connectivity index (χ3n) is 6.62. The Bertz CT molecular complexity index is 1160. The average molecular weight is 532 g/mol. The summed E-state index contributed by atoms with van der Waals surface area (Å²) in [6, 6.07) is 26.8. The van der Waals surface area contributed by atoms with Gasteiger partial charge in [-0.3, -0.25) is 0 Å². The smallest absolute Gasteiger partial charge is 0.429 e. The molecule has 0 radical (unpaired) electrons. The summed E-state index contributed by atoms with van der Waals surface area (Å²) in [5.74, 6) is 0.870. The second kappa shape index (κ2) is 14.8. The number of nitrogens with one attached hydrogen (secondary N) is 1. The first-order chi connectivity index (χ1) is 19.1. The number of carbonyl (C=O) groups is 2. The second-order valence-electron chi connectivity index (χ2n) is 9.51. The molecule has 1 N–H and O–H groups in total. The molecule has 1 unspecified atom stereocenters. The van der Waals surface area contributed by atoms with Crippen molar-refractivity contribution in [3.8, 4) is 5.75 Å². The molecule has 8 nitrogen and oxygen atoms in total. The first-order valence-corrected chi connectivity index (χ1v) is 13.5. The van der Waals surface area contributed by atoms with Crippen LogP contribution in [0.2, 0.25) is 0 Å². The molecule has 206 valence electrons. The minimum absolute atomic E-state index is 0.110. The molecule has 3 aromatic rings. The highest BCUT2D eigenvalue weighted by Crippen LogP contribution is 2.18. The lowest BCUT2D eigenvalue weighted by Crippen LogP contribution is -2.57. The van der Waals surface area contributed by atoms with Crippen molar-refractivity contribution >= 4 is 12.2 Å². The molecule has 2 amide bonds. The van der Waals surface area contributed by atoms with Crippen LogP contribution in [-0.4, -0.2) is 54.4 Å². The Kier molecular flexibility index (Phi) is 10.6. The van der Waals surface area contributed by atoms with Crippen molar-refractivity contribution in [1.29, 1.82) is 0 Å². The number of benzene rings is 3. The highest BCUT2D eigenvalue weighted by Gasteiger charge is 2.31. The van der Waals surface area contributed by atoms with Crippen molar-refractivity contribution in [2.24, 2.45) is 0 Å². The zero-order valence-corrected chi connectivity index (χ0v) is 22.5. The lowest BCUT2D eigenvalue weighted by Gasteiger charge is -2.38. The number of nitrogens with zero attached hydrogens (tertiary/aromatic N) is 2. The maximum atomic E-state index is 13.2. The molecule has 1 aliphatic heterocycles. The molecule has 3 aromatic carbocycles. The van der Waals surface area contributed by atoms with Gasteiger partial charge in [0.05, 0.1) is 12.6 Å². The maximum absolute atomic E-state index is 13.2. The first-order valence-electron chi connectivity index (χ1n) is 13.5. The molecule has 39 heavy (non-hydrogen) atoms. The highest BCUT2D eigenvalue weighted by atomic mass is 16.6. The number of hydrazine groups is 1. The van der Waals surface area contributed by atoms with Gasteiger partial charge in [0.1, 0.15) is 19.0 Å². The lowest BCUT2D eigenvalue weighted by molar-refractivity contribution is 0.0258. The molecule has 1 fully saturated rings. The zero-order valence-electron chi connectivity index (χ0n) is 22.5. The molecule has 1 atom stereocenters. The van der Waals surface area contributed by atoms with E-state index in [1.54, 1.807) is 0 Å². The Morgan fingerprint density at radius 3 is 2.15 bits per heavy atom. The minimum Gasteiger partial charge on any atom is -0.494 e. The molecular weight excluding hydrogens is 494 g/mol. The molecule has 4 rings (SSSR count). The van der Waals surface area contributed by atoms with Crippen LogP contribution in [-0.2, 0) is 29.1 Å². The summed E-state index contributed by atoms with van der Waals surface area (Å²) in [4.78, 5) is 28.2. The Morgan fingerprint density at radius 2 is 1.51 bits per heavy atom. The summed E-state index contributed by atoms with van der Waals surface area (Å²) < 4.78 is 16.5. The monoisotopic (exact) mass is 531 g/mol. The van der Waals surface area contributed by atoms with Crippen LogP contribution in [0.25, 0.3) is 0 Å². The van der Waals surface area contributed by atoms with Crippen LogP contribution in [0.5, 0.6) is 5.75 Å². The fourth-order valence-corrected chi connectivity index (χ4v) is 4.58. The summed E-state index contributed by atoms with van der Waals surface area (Å²) in [6.07, 6.45) is 1.23. The van der Waals surface area contributed by atoms with Gasteiger partial charge < -0.3 is 19.1 Å². The molecule has 0 bridgehead atoms. The number of piperidine rings is 1. The molecule has 8 heteroatoms. The molecule has 0 aromatic heterocycles. The van der Waals surface area contributed by atoms with Gasteiger partial charge in [-0.15, -0.1) is 0 Å². The Labute approximate surface area is 230 Å². The van der Waals surface area contributed by atoms with Gasteiger partial charge in [-0.1, -0.05) is 72.8 Å². The van der Waals surface area contributed by atoms with Gasteiger partial charge in [0.25, 0.3) is 0 Å². The van der Waals surface area contributed by atoms with Crippen molar-refractivity contribution in [2.45, 2.75) is 45.4 Å². The fourth-order valence-electron chi connectivity index (χ4n) is 4.58. The van der Waals surface area contributed by atoms with Crippen LogP contribution < -0.4 is 10.2 Å². The van der Waals surface area contributed by atoms with E-state index in [0.29, 0.717) is 13.2 Å². The van der Waals surface area contributed by atoms with E-state index in [1.807, 2.05) is 79.7 Å². The molecule has 1 heterocycles. The Balaban J connectivity index is 1.36. The summed E-state index contributed by atoms with van der Waals surface area (Å²) in [6.45, 7) is 5.24. The number of rotatable bonds is 10. The first kappa shape index (κ1) is 28.0. The number of likely N-dealkylation sites (tertiary alicyclic amines) is 1. The molecule has 0 aliphatic carbocycles. The summed E-state index contributed by atoms with van der Waals surface area (Å²) in [5, 5.41) is 1.30. The SMILES string of the molecule is CCOc1ccc(CCN2CCCC(N(NC(=O)OCc3ccccc3)C(=O)OCc3ccccc3)C2)cc1. The predicted octanol–water partition coefficient (Wildman–Crippen LogP) is 5.57. The minimum atomic E-state index is -0.693. The van der Waals surface area contributed by atoms with Crippen LogP contribution in [0, 0.1) is 0 Å². The third-order valence-corrected chi connectivity index (χ3v) is 6.62. The summed E-state index contributed by atoms with van der Waals surface area (Å²) >= 11 is 0. The van der Waals surface area contributed by atoms with Crippen LogP contribution in [0.3, 0.4) is 0 Å². The van der Waals surface area contributed by atoms with Crippen molar-refractivity contribution in [1.82, 2.24) is 15.3 Å². The van der Waals surface area contributed by atoms with E-state index in [1.165, 1.54) is 10.6 Å². The lowest BCUT2D eigenvalue weighted by atomic mass is 10.0. The van der Waals surface area contributed by atoms with E-state index in [9.17, 15) is 9.59 Å². The van der Waals surface area contributed by atoms with Crippen LogP contribution in [0.4, 0.5) is 9.59 Å². The van der Waals surface area contributed by atoms with E-state index in [0.717, 1.165) is 49.2 Å². The number of hydrogen-bond acceptors (Lipinski definition) is 6. The predicted molar refractivity (Wildman–Crippen MR) is 149 cm³/mol. The number of ether oxygens (including phenoxy) is 3. The standard InChI is InChI=1S/C31H37N3O5/c1-2-37-29-17-15-25(16-18-29)19-21-33-20-9-14-28(22-33)34(31(36)39-24-27-12-7-4-8-13-27)32-30(35)38-23-26-10-5-3-6-11-26/h3-8,10-13,15-18,28H,2,9,14,19-24H2,1H3,(H,32,35). The van der Waals surface area contributed by atoms with E-state index in [-0.39, 0.29) is 19.3 Å². The fraction of sp³-hybridized carbons (Fsp3) is 0.355. The zero-order chi connectivity index (χ0) is 27.3. The van der Waals surface area contributed by atoms with Crippen molar-refractivity contribution in [3.05, 3.63) is 102 Å². The van der Waals surface area contributed by atoms with Crippen molar-refractivity contribution < 1.29 is 23.8 Å². The van der Waals surface area contributed by atoms with E-state index in [2.05, 4.69) is 22.5 Å². The average Bonchev–Trinajstić information content (AvgIpc) is 2.98. The van der Waals surface area contributed by atoms with Gasteiger partial charge in [0.2, 0.25) is 0 Å². The number of hydrogen-bond donors (Lipinski definition) is 1. The molecule has 1 aliphatic rings. The van der Waals surface area contributed by atoms with Gasteiger partial charge in [0.15, 0.2) is 0 Å². The quantitative estimate of drug-likeness (QED) is 0.345. The maximum Gasteiger partial charge on any atom is 0.429 e. The van der Waals surface area contributed by atoms with Crippen LogP contribution in [0.15, 0.2) is 84.9 Å². The van der Waals surface area contributed by atoms with Gasteiger partial charge in [0, 0.05) is 13.1 Å². The van der Waals surface area contributed by atoms with Crippen LogP contribution >= 0.6 is 0 Å². The van der Waals surface area contributed by atoms with Crippen LogP contribution in [0.1, 0.15) is 36.5 Å². The van der Waals surface area contributed by atoms with Gasteiger partial charge in [-0.25, -0.2) is 20.0 Å². The van der Waals surface area contributed by atoms with E-state index < -0.39 is 12.2 Å². The van der Waals surface area contributed by atoms with E-state index in [4.69, 9.17) is 14.2 Å². The van der Waals surface area contributed by atoms with Gasteiger partial charge in [-0.2, -0.15) is 0 Å². The molecule has 1 saturated heterocycles. The number of amides is 2. The molecule has 0 saturated carbocycles. The van der Waals surface area contributed by atoms with Crippen molar-refractivity contribution in [3.63, 3.8) is 0 Å². The summed E-state index contributed by atoms with van der Waals surface area (Å²) in [5.41, 5.74) is 5.63. The molecular formula is C31H37N3O5. The van der Waals surface area contributed by atoms with Gasteiger partial charge in [-0.05, 0) is 61.6 Å². The third kappa shape index (κ3) is 9.04. The van der Waals surface area contributed by atoms with Crippen molar-refractivity contribution in [2.75, 3.05) is 26.2 Å². The molecule has 0 spiro atoms. The largest absolute Gasteiger partial charge is 0.494 e. The Hall–Kier alpha value is -4.04. The van der Waals surface area contributed by atoms with Gasteiger partial charge >= 0.3 is 12.2 Å².